The van der Waals surface area contributed by atoms with Crippen molar-refractivity contribution < 1.29 is 14.1 Å². The number of amides is 2. The molecule has 1 aliphatic carbocycles. The molecule has 0 radical (unpaired) electrons. The Morgan fingerprint density at radius 1 is 1.04 bits per heavy atom. The minimum atomic E-state index is -0.201. The molecule has 1 saturated heterocycles. The summed E-state index contributed by atoms with van der Waals surface area (Å²) in [6.45, 7) is 0.182. The van der Waals surface area contributed by atoms with Crippen molar-refractivity contribution in [2.45, 2.75) is 19.4 Å². The van der Waals surface area contributed by atoms with E-state index in [4.69, 9.17) is 4.52 Å². The van der Waals surface area contributed by atoms with Crippen LogP contribution < -0.4 is 0 Å². The molecule has 4 rings (SSSR count). The van der Waals surface area contributed by atoms with Crippen LogP contribution in [0.15, 0.2) is 53.1 Å². The molecule has 2 aromatic rings. The van der Waals surface area contributed by atoms with Gasteiger partial charge in [0.05, 0.1) is 18.4 Å². The van der Waals surface area contributed by atoms with Gasteiger partial charge in [-0.05, 0) is 12.8 Å². The van der Waals surface area contributed by atoms with Gasteiger partial charge in [-0.3, -0.25) is 14.5 Å². The molecule has 2 amide bonds. The molecule has 0 bridgehead atoms. The molecule has 1 aliphatic heterocycles. The Labute approximate surface area is 133 Å². The van der Waals surface area contributed by atoms with Gasteiger partial charge in [0, 0.05) is 11.6 Å². The highest BCUT2D eigenvalue weighted by atomic mass is 16.5. The molecule has 23 heavy (non-hydrogen) atoms. The third-order valence-corrected chi connectivity index (χ3v) is 4.54. The lowest BCUT2D eigenvalue weighted by Crippen LogP contribution is -2.30. The number of carbonyl (C=O) groups is 2. The van der Waals surface area contributed by atoms with Crippen LogP contribution in [0.4, 0.5) is 0 Å². The molecule has 2 heterocycles. The first-order chi connectivity index (χ1) is 11.2. The Bertz CT molecular complexity index is 753. The lowest BCUT2D eigenvalue weighted by atomic mass is 9.85. The molecule has 2 aliphatic rings. The molecule has 0 saturated carbocycles. The van der Waals surface area contributed by atoms with Gasteiger partial charge in [0.2, 0.25) is 11.8 Å². The topological polar surface area (TPSA) is 63.4 Å². The minimum Gasteiger partial charge on any atom is -0.356 e. The van der Waals surface area contributed by atoms with Crippen LogP contribution in [0.1, 0.15) is 18.5 Å². The number of allylic oxidation sites excluding steroid dienone is 2. The second-order valence-electron chi connectivity index (χ2n) is 5.97. The molecule has 0 unspecified atom stereocenters. The van der Waals surface area contributed by atoms with Crippen molar-refractivity contribution in [2.24, 2.45) is 11.8 Å². The first-order valence-electron chi connectivity index (χ1n) is 7.75. The van der Waals surface area contributed by atoms with Gasteiger partial charge in [0.15, 0.2) is 5.76 Å². The standard InChI is InChI=1S/C18H16N2O3/c21-17-14-8-4-5-9-15(14)18(22)20(17)11-13-10-16(23-19-13)12-6-2-1-3-7-12/h1-7,10,14-15H,8-9,11H2/t14-,15-/m1/s1. The molecule has 116 valence electrons. The summed E-state index contributed by atoms with van der Waals surface area (Å²) in [6, 6.07) is 11.4. The summed E-state index contributed by atoms with van der Waals surface area (Å²) in [6.07, 6.45) is 5.28. The first kappa shape index (κ1) is 13.9. The third-order valence-electron chi connectivity index (χ3n) is 4.54. The predicted molar refractivity (Wildman–Crippen MR) is 82.9 cm³/mol. The van der Waals surface area contributed by atoms with E-state index in [0.717, 1.165) is 5.56 Å². The Hall–Kier alpha value is -2.69. The zero-order valence-corrected chi connectivity index (χ0v) is 12.5. The van der Waals surface area contributed by atoms with E-state index in [-0.39, 0.29) is 30.2 Å². The van der Waals surface area contributed by atoms with Crippen molar-refractivity contribution in [3.05, 3.63) is 54.2 Å². The summed E-state index contributed by atoms with van der Waals surface area (Å²) < 4.78 is 5.34. The van der Waals surface area contributed by atoms with Crippen molar-refractivity contribution in [2.75, 3.05) is 0 Å². The number of carbonyl (C=O) groups excluding carboxylic acids is 2. The SMILES string of the molecule is O=C1[C@@H]2CC=CC[C@H]2C(=O)N1Cc1cc(-c2ccccc2)on1. The molecule has 5 heteroatoms. The number of hydrogen-bond donors (Lipinski definition) is 0. The number of hydrogen-bond acceptors (Lipinski definition) is 4. The van der Waals surface area contributed by atoms with Gasteiger partial charge in [-0.25, -0.2) is 0 Å². The Kier molecular flexibility index (Phi) is 3.33. The van der Waals surface area contributed by atoms with Gasteiger partial charge in [0.1, 0.15) is 5.69 Å². The fourth-order valence-electron chi connectivity index (χ4n) is 3.31. The van der Waals surface area contributed by atoms with Crippen LogP contribution in [0, 0.1) is 11.8 Å². The highest BCUT2D eigenvalue weighted by molar-refractivity contribution is 6.05. The molecule has 5 nitrogen and oxygen atoms in total. The van der Waals surface area contributed by atoms with Gasteiger partial charge in [-0.15, -0.1) is 0 Å². The minimum absolute atomic E-state index is 0.0892. The van der Waals surface area contributed by atoms with Crippen LogP contribution in [0.2, 0.25) is 0 Å². The van der Waals surface area contributed by atoms with E-state index in [1.54, 1.807) is 6.07 Å². The predicted octanol–water partition coefficient (Wildman–Crippen LogP) is 2.79. The summed E-state index contributed by atoms with van der Waals surface area (Å²) in [5.74, 6) is 0.0574. The normalized spacial score (nSPS) is 23.4. The van der Waals surface area contributed by atoms with Gasteiger partial charge in [-0.2, -0.15) is 0 Å². The number of likely N-dealkylation sites (tertiary alicyclic amines) is 1. The summed E-state index contributed by atoms with van der Waals surface area (Å²) in [5, 5.41) is 4.01. The summed E-state index contributed by atoms with van der Waals surface area (Å²) in [5.41, 5.74) is 1.51. The third kappa shape index (κ3) is 2.38. The van der Waals surface area contributed by atoms with Crippen LogP contribution in [-0.2, 0) is 16.1 Å². The van der Waals surface area contributed by atoms with Crippen molar-refractivity contribution in [1.82, 2.24) is 10.1 Å². The van der Waals surface area contributed by atoms with Crippen LogP contribution >= 0.6 is 0 Å². The number of aromatic nitrogens is 1. The van der Waals surface area contributed by atoms with Gasteiger partial charge >= 0.3 is 0 Å². The van der Waals surface area contributed by atoms with Crippen molar-refractivity contribution >= 4 is 11.8 Å². The molecule has 1 aromatic heterocycles. The maximum absolute atomic E-state index is 12.4. The smallest absolute Gasteiger partial charge is 0.233 e. The first-order valence-corrected chi connectivity index (χ1v) is 7.75. The summed E-state index contributed by atoms with van der Waals surface area (Å²) in [4.78, 5) is 26.2. The van der Waals surface area contributed by atoms with Crippen molar-refractivity contribution in [3.63, 3.8) is 0 Å². The molecule has 0 spiro atoms. The summed E-state index contributed by atoms with van der Waals surface area (Å²) in [7, 11) is 0. The number of rotatable bonds is 3. The fraction of sp³-hybridized carbons (Fsp3) is 0.278. The number of imide groups is 1. The van der Waals surface area contributed by atoms with Gasteiger partial charge < -0.3 is 4.52 Å². The van der Waals surface area contributed by atoms with E-state index >= 15 is 0 Å². The highest BCUT2D eigenvalue weighted by Crippen LogP contribution is 2.35. The Morgan fingerprint density at radius 3 is 2.35 bits per heavy atom. The fourth-order valence-corrected chi connectivity index (χ4v) is 3.31. The lowest BCUT2D eigenvalue weighted by molar-refractivity contribution is -0.140. The van der Waals surface area contributed by atoms with Gasteiger partial charge in [-0.1, -0.05) is 47.6 Å². The van der Waals surface area contributed by atoms with Crippen LogP contribution in [-0.4, -0.2) is 21.9 Å². The van der Waals surface area contributed by atoms with E-state index in [2.05, 4.69) is 5.16 Å². The monoisotopic (exact) mass is 308 g/mol. The van der Waals surface area contributed by atoms with E-state index < -0.39 is 0 Å². The zero-order chi connectivity index (χ0) is 15.8. The van der Waals surface area contributed by atoms with E-state index in [1.807, 2.05) is 42.5 Å². The van der Waals surface area contributed by atoms with E-state index in [9.17, 15) is 9.59 Å². The quantitative estimate of drug-likeness (QED) is 0.646. The average Bonchev–Trinajstić information content (AvgIpc) is 3.16. The van der Waals surface area contributed by atoms with Gasteiger partial charge in [0.25, 0.3) is 0 Å². The molecular formula is C18H16N2O3. The second kappa shape index (κ2) is 5.50. The lowest BCUT2D eigenvalue weighted by Gasteiger charge is -2.14. The summed E-state index contributed by atoms with van der Waals surface area (Å²) >= 11 is 0. The van der Waals surface area contributed by atoms with E-state index in [0.29, 0.717) is 24.3 Å². The molecule has 2 atom stereocenters. The van der Waals surface area contributed by atoms with E-state index in [1.165, 1.54) is 4.90 Å². The van der Waals surface area contributed by atoms with Crippen LogP contribution in [0.5, 0.6) is 0 Å². The average molecular weight is 308 g/mol. The van der Waals surface area contributed by atoms with Crippen LogP contribution in [0.25, 0.3) is 11.3 Å². The maximum atomic E-state index is 12.4. The highest BCUT2D eigenvalue weighted by Gasteiger charge is 2.47. The molecular weight excluding hydrogens is 292 g/mol. The largest absolute Gasteiger partial charge is 0.356 e. The molecule has 1 aromatic carbocycles. The molecule has 0 N–H and O–H groups in total. The molecule has 1 fully saturated rings. The van der Waals surface area contributed by atoms with Crippen LogP contribution in [0.3, 0.4) is 0 Å². The maximum Gasteiger partial charge on any atom is 0.233 e. The van der Waals surface area contributed by atoms with Crippen molar-refractivity contribution in [1.29, 1.82) is 0 Å². The second-order valence-corrected chi connectivity index (χ2v) is 5.97. The van der Waals surface area contributed by atoms with Crippen molar-refractivity contribution in [3.8, 4) is 11.3 Å². The zero-order valence-electron chi connectivity index (χ0n) is 12.5. The number of nitrogens with zero attached hydrogens (tertiary/aromatic N) is 2. The number of benzene rings is 1. The number of fused-ring (bicyclic) bond motifs is 1. The Balaban J connectivity index is 1.54. The Morgan fingerprint density at radius 2 is 1.70 bits per heavy atom.